The van der Waals surface area contributed by atoms with Crippen LogP contribution in [0.25, 0.3) is 0 Å². The summed E-state index contributed by atoms with van der Waals surface area (Å²) >= 11 is 0. The van der Waals surface area contributed by atoms with Crippen molar-refractivity contribution in [2.75, 3.05) is 0 Å². The van der Waals surface area contributed by atoms with Gasteiger partial charge in [-0.15, -0.1) is 10.2 Å². The monoisotopic (exact) mass is 213 g/mol. The van der Waals surface area contributed by atoms with Gasteiger partial charge in [-0.25, -0.2) is 0 Å². The van der Waals surface area contributed by atoms with E-state index in [0.29, 0.717) is 6.04 Å². The molecule has 0 N–H and O–H groups in total. The molecule has 0 spiro atoms. The van der Waals surface area contributed by atoms with Crippen LogP contribution >= 0.6 is 0 Å². The Morgan fingerprint density at radius 2 is 2.06 bits per heavy atom. The molecule has 2 aromatic rings. The van der Waals surface area contributed by atoms with Crippen LogP contribution < -0.4 is 0 Å². The molecule has 1 aromatic carbocycles. The van der Waals surface area contributed by atoms with Crippen molar-refractivity contribution in [3.8, 4) is 0 Å². The second-order valence-corrected chi connectivity index (χ2v) is 4.42. The molecule has 1 aliphatic heterocycles. The fraction of sp³-hybridized carbons (Fsp3) is 0.385. The van der Waals surface area contributed by atoms with Crippen LogP contribution in [0.2, 0.25) is 0 Å². The van der Waals surface area contributed by atoms with Crippen molar-refractivity contribution in [3.63, 3.8) is 0 Å². The zero-order valence-electron chi connectivity index (χ0n) is 9.43. The molecule has 0 amide bonds. The quantitative estimate of drug-likeness (QED) is 0.766. The highest BCUT2D eigenvalue weighted by molar-refractivity contribution is 5.17. The van der Waals surface area contributed by atoms with Gasteiger partial charge in [0.1, 0.15) is 11.6 Å². The van der Waals surface area contributed by atoms with E-state index in [9.17, 15) is 0 Å². The molecular formula is C13H15N3. The van der Waals surface area contributed by atoms with Crippen LogP contribution in [0.1, 0.15) is 29.7 Å². The zero-order chi connectivity index (χ0) is 11.0. The largest absolute Gasteiger partial charge is 0.312 e. The Morgan fingerprint density at radius 3 is 2.88 bits per heavy atom. The van der Waals surface area contributed by atoms with Gasteiger partial charge in [-0.2, -0.15) is 0 Å². The number of aryl methyl sites for hydroxylation is 2. The van der Waals surface area contributed by atoms with Gasteiger partial charge >= 0.3 is 0 Å². The molecule has 0 bridgehead atoms. The third kappa shape index (κ3) is 1.52. The minimum atomic E-state index is 0.549. The van der Waals surface area contributed by atoms with E-state index in [-0.39, 0.29) is 0 Å². The predicted octanol–water partition coefficient (Wildman–Crippen LogP) is 2.32. The summed E-state index contributed by atoms with van der Waals surface area (Å²) in [6.45, 7) is 2.04. The lowest BCUT2D eigenvalue weighted by Gasteiger charge is -2.13. The zero-order valence-corrected chi connectivity index (χ0v) is 9.43. The summed E-state index contributed by atoms with van der Waals surface area (Å²) in [5.41, 5.74) is 1.40. The maximum atomic E-state index is 4.20. The average Bonchev–Trinajstić information content (AvgIpc) is 2.86. The van der Waals surface area contributed by atoms with Gasteiger partial charge in [0.15, 0.2) is 0 Å². The van der Waals surface area contributed by atoms with Gasteiger partial charge in [0.05, 0.1) is 0 Å². The molecular weight excluding hydrogens is 198 g/mol. The first-order valence-electron chi connectivity index (χ1n) is 5.79. The van der Waals surface area contributed by atoms with Crippen molar-refractivity contribution in [2.45, 2.75) is 32.2 Å². The molecule has 1 atom stereocenters. The van der Waals surface area contributed by atoms with E-state index >= 15 is 0 Å². The lowest BCUT2D eigenvalue weighted by molar-refractivity contribution is 0.512. The van der Waals surface area contributed by atoms with Gasteiger partial charge in [0.25, 0.3) is 0 Å². The first-order valence-corrected chi connectivity index (χ1v) is 5.79. The van der Waals surface area contributed by atoms with Gasteiger partial charge < -0.3 is 4.57 Å². The molecule has 1 aliphatic rings. The van der Waals surface area contributed by atoms with Crippen molar-refractivity contribution < 1.29 is 0 Å². The standard InChI is InChI=1S/C13H15N3/c1-10-14-15-13-8-7-12(16(10)13)9-11-5-3-2-4-6-11/h2-6,12H,7-9H2,1H3. The van der Waals surface area contributed by atoms with Crippen LogP contribution in [-0.2, 0) is 12.8 Å². The van der Waals surface area contributed by atoms with Crippen molar-refractivity contribution in [2.24, 2.45) is 0 Å². The van der Waals surface area contributed by atoms with E-state index in [0.717, 1.165) is 24.5 Å². The van der Waals surface area contributed by atoms with Gasteiger partial charge in [-0.1, -0.05) is 30.3 Å². The third-order valence-corrected chi connectivity index (χ3v) is 3.32. The van der Waals surface area contributed by atoms with Crippen LogP contribution in [0.5, 0.6) is 0 Å². The SMILES string of the molecule is Cc1nnc2n1C(Cc1ccccc1)CC2. The van der Waals surface area contributed by atoms with Crippen LogP contribution in [0.15, 0.2) is 30.3 Å². The second kappa shape index (κ2) is 3.74. The summed E-state index contributed by atoms with van der Waals surface area (Å²) in [5.74, 6) is 2.20. The normalized spacial score (nSPS) is 18.7. The van der Waals surface area contributed by atoms with Crippen molar-refractivity contribution in [3.05, 3.63) is 47.5 Å². The highest BCUT2D eigenvalue weighted by Crippen LogP contribution is 2.28. The fourth-order valence-electron chi connectivity index (χ4n) is 2.56. The number of hydrogen-bond acceptors (Lipinski definition) is 2. The molecule has 1 unspecified atom stereocenters. The summed E-state index contributed by atoms with van der Waals surface area (Å²) in [5, 5.41) is 8.34. The van der Waals surface area contributed by atoms with Crippen LogP contribution in [0, 0.1) is 6.92 Å². The van der Waals surface area contributed by atoms with Gasteiger partial charge in [0.2, 0.25) is 0 Å². The number of rotatable bonds is 2. The summed E-state index contributed by atoms with van der Waals surface area (Å²) < 4.78 is 2.30. The average molecular weight is 213 g/mol. The molecule has 0 fully saturated rings. The summed E-state index contributed by atoms with van der Waals surface area (Å²) in [7, 11) is 0. The molecule has 0 radical (unpaired) electrons. The topological polar surface area (TPSA) is 30.7 Å². The Kier molecular flexibility index (Phi) is 2.24. The molecule has 16 heavy (non-hydrogen) atoms. The van der Waals surface area contributed by atoms with E-state index in [2.05, 4.69) is 45.1 Å². The number of nitrogens with zero attached hydrogens (tertiary/aromatic N) is 3. The minimum Gasteiger partial charge on any atom is -0.312 e. The Labute approximate surface area is 95.1 Å². The predicted molar refractivity (Wildman–Crippen MR) is 62.3 cm³/mol. The van der Waals surface area contributed by atoms with E-state index in [1.165, 1.54) is 12.0 Å². The van der Waals surface area contributed by atoms with Crippen LogP contribution in [0.4, 0.5) is 0 Å². The number of fused-ring (bicyclic) bond motifs is 1. The molecule has 3 heteroatoms. The van der Waals surface area contributed by atoms with Crippen molar-refractivity contribution >= 4 is 0 Å². The fourth-order valence-corrected chi connectivity index (χ4v) is 2.56. The molecule has 0 aliphatic carbocycles. The Hall–Kier alpha value is -1.64. The second-order valence-electron chi connectivity index (χ2n) is 4.42. The van der Waals surface area contributed by atoms with E-state index in [1.54, 1.807) is 0 Å². The molecule has 1 aromatic heterocycles. The number of benzene rings is 1. The molecule has 2 heterocycles. The minimum absolute atomic E-state index is 0.549. The van der Waals surface area contributed by atoms with E-state index < -0.39 is 0 Å². The third-order valence-electron chi connectivity index (χ3n) is 3.32. The maximum Gasteiger partial charge on any atom is 0.133 e. The lowest BCUT2D eigenvalue weighted by Crippen LogP contribution is -2.09. The summed E-state index contributed by atoms with van der Waals surface area (Å²) in [4.78, 5) is 0. The van der Waals surface area contributed by atoms with Gasteiger partial charge in [0, 0.05) is 12.5 Å². The van der Waals surface area contributed by atoms with Crippen LogP contribution in [0.3, 0.4) is 0 Å². The molecule has 3 nitrogen and oxygen atoms in total. The maximum absolute atomic E-state index is 4.20. The highest BCUT2D eigenvalue weighted by Gasteiger charge is 2.25. The Balaban J connectivity index is 1.86. The smallest absolute Gasteiger partial charge is 0.133 e. The number of hydrogen-bond donors (Lipinski definition) is 0. The number of aromatic nitrogens is 3. The molecule has 0 saturated carbocycles. The van der Waals surface area contributed by atoms with Crippen LogP contribution in [-0.4, -0.2) is 14.8 Å². The summed E-state index contributed by atoms with van der Waals surface area (Å²) in [6.07, 6.45) is 3.35. The van der Waals surface area contributed by atoms with Crippen molar-refractivity contribution in [1.82, 2.24) is 14.8 Å². The first-order chi connectivity index (χ1) is 7.84. The van der Waals surface area contributed by atoms with Gasteiger partial charge in [-0.05, 0) is 25.3 Å². The molecule has 3 rings (SSSR count). The Morgan fingerprint density at radius 1 is 1.25 bits per heavy atom. The summed E-state index contributed by atoms with van der Waals surface area (Å²) in [6, 6.07) is 11.2. The molecule has 82 valence electrons. The molecule has 0 saturated heterocycles. The first kappa shape index (κ1) is 9.58. The van der Waals surface area contributed by atoms with E-state index in [1.807, 2.05) is 6.92 Å². The van der Waals surface area contributed by atoms with Gasteiger partial charge in [-0.3, -0.25) is 0 Å². The Bertz CT molecular complexity index is 487. The lowest BCUT2D eigenvalue weighted by atomic mass is 10.0. The van der Waals surface area contributed by atoms with Crippen molar-refractivity contribution in [1.29, 1.82) is 0 Å². The highest BCUT2D eigenvalue weighted by atomic mass is 15.3. The van der Waals surface area contributed by atoms with E-state index in [4.69, 9.17) is 0 Å².